The Labute approximate surface area is 85.7 Å². The molecule has 0 fully saturated rings. The molecule has 5 heteroatoms. The van der Waals surface area contributed by atoms with Gasteiger partial charge >= 0.3 is 0 Å². The van der Waals surface area contributed by atoms with Crippen molar-refractivity contribution < 1.29 is 0 Å². The average molecular weight is 210 g/mol. The second-order valence-corrected chi connectivity index (χ2v) is 6.23. The van der Waals surface area contributed by atoms with E-state index in [4.69, 9.17) is 16.2 Å². The molecule has 0 aliphatic rings. The van der Waals surface area contributed by atoms with Crippen molar-refractivity contribution in [3.63, 3.8) is 0 Å². The summed E-state index contributed by atoms with van der Waals surface area (Å²) in [5.41, 5.74) is 1.12. The van der Waals surface area contributed by atoms with Gasteiger partial charge in [-0.15, -0.1) is 0 Å². The van der Waals surface area contributed by atoms with Crippen LogP contribution in [0.2, 0.25) is 6.04 Å². The highest BCUT2D eigenvalue weighted by Crippen LogP contribution is 2.05. The highest BCUT2D eigenvalue weighted by Gasteiger charge is 2.15. The van der Waals surface area contributed by atoms with Crippen LogP contribution in [0.1, 0.15) is 6.42 Å². The molecule has 14 heavy (non-hydrogen) atoms. The van der Waals surface area contributed by atoms with E-state index in [1.54, 1.807) is 0 Å². The summed E-state index contributed by atoms with van der Waals surface area (Å²) in [5.74, 6) is 0. The maximum absolute atomic E-state index is 5.58. The van der Waals surface area contributed by atoms with Gasteiger partial charge in [0.15, 0.2) is 0 Å². The van der Waals surface area contributed by atoms with Crippen LogP contribution in [0.3, 0.4) is 0 Å². The van der Waals surface area contributed by atoms with Gasteiger partial charge in [-0.25, -0.2) is 0 Å². The van der Waals surface area contributed by atoms with Crippen molar-refractivity contribution in [2.45, 2.75) is 12.5 Å². The molecule has 0 aliphatic heterocycles. The fourth-order valence-electron chi connectivity index (χ4n) is 1.18. The third kappa shape index (κ3) is 4.98. The Balaban J connectivity index is 2.17. The van der Waals surface area contributed by atoms with E-state index in [0.29, 0.717) is 0 Å². The van der Waals surface area contributed by atoms with E-state index >= 15 is 0 Å². The molecule has 1 aromatic carbocycles. The molecule has 0 unspecified atom stereocenters. The van der Waals surface area contributed by atoms with E-state index < -0.39 is 8.56 Å². The van der Waals surface area contributed by atoms with Crippen LogP contribution >= 0.6 is 0 Å². The van der Waals surface area contributed by atoms with Crippen LogP contribution < -0.4 is 21.5 Å². The summed E-state index contributed by atoms with van der Waals surface area (Å²) in [5, 5.41) is 20.0. The molecule has 0 saturated heterocycles. The van der Waals surface area contributed by atoms with E-state index in [1.807, 2.05) is 30.3 Å². The van der Waals surface area contributed by atoms with Crippen molar-refractivity contribution in [3.05, 3.63) is 30.3 Å². The Morgan fingerprint density at radius 3 is 2.29 bits per heavy atom. The van der Waals surface area contributed by atoms with Crippen molar-refractivity contribution in [2.75, 3.05) is 11.9 Å². The summed E-state index contributed by atoms with van der Waals surface area (Å²) < 4.78 is 0. The molecule has 1 rings (SSSR count). The molecule has 4 nitrogen and oxygen atoms in total. The van der Waals surface area contributed by atoms with E-state index in [2.05, 4.69) is 5.32 Å². The molecule has 7 N–H and O–H groups in total. The van der Waals surface area contributed by atoms with E-state index in [1.165, 1.54) is 0 Å². The molecule has 1 aromatic rings. The minimum Gasteiger partial charge on any atom is -0.385 e. The van der Waals surface area contributed by atoms with Crippen LogP contribution in [0, 0.1) is 0 Å². The third-order valence-corrected chi connectivity index (χ3v) is 3.11. The molecule has 0 atom stereocenters. The number of nitrogens with two attached hydrogens (primary N) is 3. The van der Waals surface area contributed by atoms with E-state index in [9.17, 15) is 0 Å². The number of anilines is 1. The van der Waals surface area contributed by atoms with Crippen LogP contribution in [-0.2, 0) is 0 Å². The van der Waals surface area contributed by atoms with Gasteiger partial charge in [-0.3, -0.25) is 0 Å². The lowest BCUT2D eigenvalue weighted by Gasteiger charge is -2.14. The Morgan fingerprint density at radius 2 is 1.71 bits per heavy atom. The SMILES string of the molecule is N[Si](N)(N)CCCNc1ccccc1. The van der Waals surface area contributed by atoms with Crippen molar-refractivity contribution in [1.82, 2.24) is 0 Å². The molecule has 0 saturated carbocycles. The van der Waals surface area contributed by atoms with Crippen LogP contribution in [0.4, 0.5) is 5.69 Å². The van der Waals surface area contributed by atoms with Crippen LogP contribution in [0.15, 0.2) is 30.3 Å². The first-order valence-electron chi connectivity index (χ1n) is 4.73. The van der Waals surface area contributed by atoms with Crippen molar-refractivity contribution >= 4 is 14.2 Å². The normalized spacial score (nSPS) is 11.4. The second-order valence-electron chi connectivity index (χ2n) is 3.51. The highest BCUT2D eigenvalue weighted by atomic mass is 28.4. The molecule has 0 amide bonds. The first kappa shape index (κ1) is 11.2. The predicted molar refractivity (Wildman–Crippen MR) is 62.7 cm³/mol. The fourth-order valence-corrected chi connectivity index (χ4v) is 1.97. The van der Waals surface area contributed by atoms with Gasteiger partial charge in [0, 0.05) is 12.2 Å². The predicted octanol–water partition coefficient (Wildman–Crippen LogP) is 0.304. The topological polar surface area (TPSA) is 90.1 Å². The van der Waals surface area contributed by atoms with Gasteiger partial charge in [0.25, 0.3) is 8.56 Å². The third-order valence-electron chi connectivity index (χ3n) is 1.89. The second kappa shape index (κ2) is 5.11. The van der Waals surface area contributed by atoms with Gasteiger partial charge in [0.2, 0.25) is 0 Å². The standard InChI is InChI=1S/C9H18N4Si/c10-14(11,12)8-4-7-13-9-5-2-1-3-6-9/h1-3,5-6,13H,4,7-8,10-12H2. The van der Waals surface area contributed by atoms with Crippen LogP contribution in [0.5, 0.6) is 0 Å². The maximum Gasteiger partial charge on any atom is 0.273 e. The Morgan fingerprint density at radius 1 is 1.07 bits per heavy atom. The molecular formula is C9H18N4Si. The zero-order valence-electron chi connectivity index (χ0n) is 8.24. The molecular weight excluding hydrogens is 192 g/mol. The molecule has 78 valence electrons. The van der Waals surface area contributed by atoms with Gasteiger partial charge in [0.05, 0.1) is 0 Å². The number of para-hydroxylation sites is 1. The Kier molecular flexibility index (Phi) is 4.09. The molecule has 0 radical (unpaired) electrons. The van der Waals surface area contributed by atoms with Gasteiger partial charge in [-0.05, 0) is 24.6 Å². The van der Waals surface area contributed by atoms with Gasteiger partial charge in [-0.1, -0.05) is 18.2 Å². The quantitative estimate of drug-likeness (QED) is 0.416. The lowest BCUT2D eigenvalue weighted by atomic mass is 10.3. The first-order valence-corrected chi connectivity index (χ1v) is 7.17. The summed E-state index contributed by atoms with van der Waals surface area (Å²) >= 11 is 0. The summed E-state index contributed by atoms with van der Waals surface area (Å²) in [4.78, 5) is 0. The van der Waals surface area contributed by atoms with E-state index in [0.717, 1.165) is 24.7 Å². The lowest BCUT2D eigenvalue weighted by Crippen LogP contribution is -2.64. The molecule has 0 heterocycles. The molecule has 0 aromatic heterocycles. The monoisotopic (exact) mass is 210 g/mol. The number of benzene rings is 1. The Bertz CT molecular complexity index is 257. The zero-order chi connectivity index (χ0) is 10.4. The smallest absolute Gasteiger partial charge is 0.273 e. The lowest BCUT2D eigenvalue weighted by molar-refractivity contribution is 0.941. The fraction of sp³-hybridized carbons (Fsp3) is 0.333. The molecule has 0 aliphatic carbocycles. The van der Waals surface area contributed by atoms with Gasteiger partial charge < -0.3 is 21.5 Å². The molecule has 0 bridgehead atoms. The minimum atomic E-state index is -2.34. The number of hydrogen-bond acceptors (Lipinski definition) is 4. The maximum atomic E-state index is 5.58. The highest BCUT2D eigenvalue weighted by molar-refractivity contribution is 6.70. The Hall–Kier alpha value is -0.883. The largest absolute Gasteiger partial charge is 0.385 e. The summed E-state index contributed by atoms with van der Waals surface area (Å²) in [7, 11) is -2.34. The van der Waals surface area contributed by atoms with E-state index in [-0.39, 0.29) is 0 Å². The number of hydrogen-bond donors (Lipinski definition) is 4. The summed E-state index contributed by atoms with van der Waals surface area (Å²) in [6.45, 7) is 0.865. The average Bonchev–Trinajstić information content (AvgIpc) is 2.13. The summed E-state index contributed by atoms with van der Waals surface area (Å²) in [6.07, 6.45) is 0.921. The number of rotatable bonds is 5. The summed E-state index contributed by atoms with van der Waals surface area (Å²) in [6, 6.07) is 10.8. The zero-order valence-corrected chi connectivity index (χ0v) is 9.24. The van der Waals surface area contributed by atoms with Gasteiger partial charge in [0.1, 0.15) is 0 Å². The van der Waals surface area contributed by atoms with Gasteiger partial charge in [-0.2, -0.15) is 0 Å². The molecule has 0 spiro atoms. The van der Waals surface area contributed by atoms with Crippen molar-refractivity contribution in [1.29, 1.82) is 0 Å². The minimum absolute atomic E-state index is 0.743. The van der Waals surface area contributed by atoms with Crippen LogP contribution in [-0.4, -0.2) is 15.1 Å². The van der Waals surface area contributed by atoms with Crippen molar-refractivity contribution in [2.24, 2.45) is 16.2 Å². The first-order chi connectivity index (χ1) is 6.58. The van der Waals surface area contributed by atoms with Crippen LogP contribution in [0.25, 0.3) is 0 Å². The number of nitrogens with one attached hydrogen (secondary N) is 1. The van der Waals surface area contributed by atoms with Crippen molar-refractivity contribution in [3.8, 4) is 0 Å².